The van der Waals surface area contributed by atoms with Crippen molar-refractivity contribution in [1.82, 2.24) is 0 Å². The lowest BCUT2D eigenvalue weighted by atomic mass is 9.68. The van der Waals surface area contributed by atoms with Gasteiger partial charge in [-0.1, -0.05) is 30.3 Å². The van der Waals surface area contributed by atoms with Gasteiger partial charge in [0, 0.05) is 35.8 Å². The summed E-state index contributed by atoms with van der Waals surface area (Å²) in [5.41, 5.74) is 3.06. The molecular formula is C29H38N2O7. The minimum absolute atomic E-state index is 0.00978. The Hall–Kier alpha value is -3.33. The Morgan fingerprint density at radius 1 is 1.21 bits per heavy atom. The largest absolute Gasteiger partial charge is 0.491 e. The maximum Gasteiger partial charge on any atom is 0.311 e. The smallest absolute Gasteiger partial charge is 0.311 e. The van der Waals surface area contributed by atoms with Crippen LogP contribution in [-0.4, -0.2) is 41.0 Å². The van der Waals surface area contributed by atoms with Gasteiger partial charge in [-0.3, -0.25) is 4.79 Å². The molecule has 1 aliphatic heterocycles. The Balaban J connectivity index is 1.49. The van der Waals surface area contributed by atoms with Gasteiger partial charge in [-0.25, -0.2) is 0 Å². The van der Waals surface area contributed by atoms with Gasteiger partial charge < -0.3 is 24.7 Å². The highest BCUT2D eigenvalue weighted by Crippen LogP contribution is 2.51. The van der Waals surface area contributed by atoms with Crippen LogP contribution in [0.3, 0.4) is 0 Å². The molecule has 2 N–H and O–H groups in total. The van der Waals surface area contributed by atoms with E-state index in [-0.39, 0.29) is 37.5 Å². The van der Waals surface area contributed by atoms with Crippen molar-refractivity contribution in [3.8, 4) is 11.5 Å². The first-order valence-electron chi connectivity index (χ1n) is 13.6. The number of aliphatic hydroxyl groups excluding tert-OH is 1. The normalized spacial score (nSPS) is 22.8. The van der Waals surface area contributed by atoms with Gasteiger partial charge in [0.25, 0.3) is 5.09 Å². The summed E-state index contributed by atoms with van der Waals surface area (Å²) in [4.78, 5) is 27.4. The summed E-state index contributed by atoms with van der Waals surface area (Å²) in [6, 6.07) is 14.3. The summed E-state index contributed by atoms with van der Waals surface area (Å²) < 4.78 is 12.1. The molecule has 9 nitrogen and oxygen atoms in total. The number of benzene rings is 2. The van der Waals surface area contributed by atoms with E-state index in [9.17, 15) is 20.0 Å². The molecule has 4 rings (SSSR count). The summed E-state index contributed by atoms with van der Waals surface area (Å²) in [7, 11) is 0. The second-order valence-corrected chi connectivity index (χ2v) is 10.5. The van der Waals surface area contributed by atoms with Crippen LogP contribution in [0.4, 0.5) is 5.69 Å². The van der Waals surface area contributed by atoms with E-state index >= 15 is 0 Å². The molecule has 0 aromatic heterocycles. The molecule has 0 bridgehead atoms. The molecule has 2 aliphatic rings. The number of nitrogens with one attached hydrogen (secondary N) is 1. The lowest BCUT2D eigenvalue weighted by Gasteiger charge is -2.44. The predicted molar refractivity (Wildman–Crippen MR) is 143 cm³/mol. The standard InChI is InChI=1S/C29H38N2O7/c1-19(8-6-11-21-9-4-3-5-10-21)37-23-17-26-29(25-16-22(32)13-14-24(25)20(2)30-26)27(18-23)38-28(33)12-7-15-36-31(34)35/h3-5,9-10,17-20,22,24-25,30,32H,6-8,11-16H2,1-2H3/t19?,20-,22+,24-,25+/m0/s1. The minimum Gasteiger partial charge on any atom is -0.491 e. The zero-order valence-corrected chi connectivity index (χ0v) is 22.1. The van der Waals surface area contributed by atoms with Crippen LogP contribution in [0, 0.1) is 16.0 Å². The van der Waals surface area contributed by atoms with Gasteiger partial charge >= 0.3 is 5.97 Å². The molecule has 0 saturated heterocycles. The van der Waals surface area contributed by atoms with Crippen LogP contribution in [-0.2, 0) is 16.1 Å². The zero-order chi connectivity index (χ0) is 27.1. The van der Waals surface area contributed by atoms with Crippen LogP contribution in [0.5, 0.6) is 11.5 Å². The van der Waals surface area contributed by atoms with Crippen molar-refractivity contribution in [2.75, 3.05) is 11.9 Å². The van der Waals surface area contributed by atoms with Crippen molar-refractivity contribution in [3.63, 3.8) is 0 Å². The molecule has 1 fully saturated rings. The average Bonchev–Trinajstić information content (AvgIpc) is 2.87. The Morgan fingerprint density at radius 3 is 2.76 bits per heavy atom. The SMILES string of the molecule is CC(CCCc1ccccc1)Oc1cc2c(c(OC(=O)CCCO[N+](=O)[O-])c1)[C@@H]1C[C@H](O)CC[C@H]1[C@H](C)N2. The summed E-state index contributed by atoms with van der Waals surface area (Å²) in [5, 5.41) is 23.5. The Morgan fingerprint density at radius 2 is 2.00 bits per heavy atom. The van der Waals surface area contributed by atoms with Crippen LogP contribution < -0.4 is 14.8 Å². The van der Waals surface area contributed by atoms with E-state index in [1.54, 1.807) is 6.07 Å². The van der Waals surface area contributed by atoms with Crippen LogP contribution >= 0.6 is 0 Å². The fourth-order valence-corrected chi connectivity index (χ4v) is 5.77. The maximum atomic E-state index is 12.7. The van der Waals surface area contributed by atoms with E-state index in [2.05, 4.69) is 29.2 Å². The van der Waals surface area contributed by atoms with Crippen molar-refractivity contribution in [2.45, 2.75) is 89.4 Å². The molecule has 38 heavy (non-hydrogen) atoms. The Kier molecular flexibility index (Phi) is 9.44. The van der Waals surface area contributed by atoms with Crippen molar-refractivity contribution in [2.24, 2.45) is 5.92 Å². The van der Waals surface area contributed by atoms with Gasteiger partial charge in [0.05, 0.1) is 18.8 Å². The molecule has 1 unspecified atom stereocenters. The van der Waals surface area contributed by atoms with Gasteiger partial charge in [-0.15, -0.1) is 10.1 Å². The molecule has 206 valence electrons. The van der Waals surface area contributed by atoms with E-state index < -0.39 is 17.2 Å². The van der Waals surface area contributed by atoms with Crippen LogP contribution in [0.1, 0.15) is 75.8 Å². The molecular weight excluding hydrogens is 488 g/mol. The number of esters is 1. The molecule has 2 aromatic carbocycles. The molecule has 2 aromatic rings. The number of rotatable bonds is 12. The summed E-state index contributed by atoms with van der Waals surface area (Å²) in [6.07, 6.45) is 4.84. The number of aryl methyl sites for hydroxylation is 1. The molecule has 0 radical (unpaired) electrons. The summed E-state index contributed by atoms with van der Waals surface area (Å²) in [6.45, 7) is 4.02. The molecule has 0 amide bonds. The predicted octanol–water partition coefficient (Wildman–Crippen LogP) is 5.43. The lowest BCUT2D eigenvalue weighted by Crippen LogP contribution is -2.40. The number of carbonyl (C=O) groups is 1. The van der Waals surface area contributed by atoms with Gasteiger partial charge in [0.2, 0.25) is 0 Å². The first kappa shape index (κ1) is 27.7. The number of ether oxygens (including phenoxy) is 2. The van der Waals surface area contributed by atoms with Gasteiger partial charge in [-0.2, -0.15) is 0 Å². The zero-order valence-electron chi connectivity index (χ0n) is 22.1. The van der Waals surface area contributed by atoms with Gasteiger partial charge in [0.1, 0.15) is 11.5 Å². The highest BCUT2D eigenvalue weighted by Gasteiger charge is 2.41. The van der Waals surface area contributed by atoms with Crippen LogP contribution in [0.15, 0.2) is 42.5 Å². The van der Waals surface area contributed by atoms with Crippen LogP contribution in [0.2, 0.25) is 0 Å². The third kappa shape index (κ3) is 7.37. The maximum absolute atomic E-state index is 12.7. The van der Waals surface area contributed by atoms with Crippen molar-refractivity contribution >= 4 is 11.7 Å². The number of carbonyl (C=O) groups excluding carboxylic acids is 1. The average molecular weight is 527 g/mol. The minimum atomic E-state index is -0.870. The number of aliphatic hydroxyl groups is 1. The molecule has 9 heteroatoms. The molecule has 1 aliphatic carbocycles. The third-order valence-electron chi connectivity index (χ3n) is 7.59. The number of hydrogen-bond acceptors (Lipinski definition) is 8. The van der Waals surface area contributed by atoms with E-state index in [4.69, 9.17) is 9.47 Å². The van der Waals surface area contributed by atoms with E-state index in [1.165, 1.54) is 5.56 Å². The van der Waals surface area contributed by atoms with Crippen molar-refractivity contribution < 1.29 is 29.3 Å². The lowest BCUT2D eigenvalue weighted by molar-refractivity contribution is -0.757. The van der Waals surface area contributed by atoms with E-state index in [1.807, 2.05) is 31.2 Å². The number of nitrogens with zero attached hydrogens (tertiary/aromatic N) is 1. The molecule has 1 heterocycles. The number of anilines is 1. The monoisotopic (exact) mass is 526 g/mol. The van der Waals surface area contributed by atoms with E-state index in [0.717, 1.165) is 43.4 Å². The number of fused-ring (bicyclic) bond motifs is 3. The highest BCUT2D eigenvalue weighted by atomic mass is 16.9. The number of hydrogen-bond donors (Lipinski definition) is 2. The fourth-order valence-electron chi connectivity index (χ4n) is 5.77. The Bertz CT molecular complexity index is 1090. The van der Waals surface area contributed by atoms with Crippen molar-refractivity contribution in [1.29, 1.82) is 0 Å². The van der Waals surface area contributed by atoms with Gasteiger partial charge in [0.15, 0.2) is 0 Å². The van der Waals surface area contributed by atoms with E-state index in [0.29, 0.717) is 23.8 Å². The van der Waals surface area contributed by atoms with Gasteiger partial charge in [-0.05, 0) is 76.2 Å². The first-order chi connectivity index (χ1) is 18.3. The topological polar surface area (TPSA) is 120 Å². The molecule has 0 spiro atoms. The third-order valence-corrected chi connectivity index (χ3v) is 7.59. The van der Waals surface area contributed by atoms with Crippen molar-refractivity contribution in [3.05, 3.63) is 63.7 Å². The molecule has 1 saturated carbocycles. The fraction of sp³-hybridized carbons (Fsp3) is 0.552. The second-order valence-electron chi connectivity index (χ2n) is 10.5. The quantitative estimate of drug-likeness (QED) is 0.124. The summed E-state index contributed by atoms with van der Waals surface area (Å²) in [5.74, 6) is 0.935. The second kappa shape index (κ2) is 13.0. The first-order valence-corrected chi connectivity index (χ1v) is 13.6. The highest BCUT2D eigenvalue weighted by molar-refractivity contribution is 5.75. The van der Waals surface area contributed by atoms with Crippen LogP contribution in [0.25, 0.3) is 0 Å². The summed E-state index contributed by atoms with van der Waals surface area (Å²) >= 11 is 0. The Labute approximate surface area is 223 Å². The molecule has 5 atom stereocenters.